The Morgan fingerprint density at radius 1 is 0.561 bits per heavy atom. The van der Waals surface area contributed by atoms with Crippen LogP contribution in [0.4, 0.5) is 0 Å². The van der Waals surface area contributed by atoms with E-state index in [2.05, 4.69) is 105 Å². The van der Waals surface area contributed by atoms with Gasteiger partial charge in [-0.3, -0.25) is 18.6 Å². The summed E-state index contributed by atoms with van der Waals surface area (Å²) in [5.41, 5.74) is 0. The molecule has 0 aliphatic carbocycles. The maximum Gasteiger partial charge on any atom is 0.472 e. The lowest BCUT2D eigenvalue weighted by atomic mass is 10.1. The maximum atomic E-state index is 12.7. The van der Waals surface area contributed by atoms with E-state index in [-0.39, 0.29) is 26.1 Å². The molecule has 2 atom stereocenters. The maximum absolute atomic E-state index is 12.7. The van der Waals surface area contributed by atoms with E-state index in [1.54, 1.807) is 0 Å². The van der Waals surface area contributed by atoms with E-state index in [9.17, 15) is 19.0 Å². The molecule has 0 amide bonds. The molecule has 0 spiro atoms. The molecule has 9 nitrogen and oxygen atoms in total. The number of hydrogen-bond donors (Lipinski definition) is 1. The number of carbonyl (C=O) groups is 2. The third-order valence-electron chi connectivity index (χ3n) is 8.33. The number of allylic oxidation sites excluding steroid dienone is 16. The normalized spacial score (nSPS) is 14.6. The van der Waals surface area contributed by atoms with Gasteiger partial charge in [-0.1, -0.05) is 137 Å². The van der Waals surface area contributed by atoms with Gasteiger partial charge in [0, 0.05) is 12.8 Å². The summed E-state index contributed by atoms with van der Waals surface area (Å²) in [5.74, 6) is -0.893. The van der Waals surface area contributed by atoms with E-state index in [1.807, 2.05) is 27.2 Å². The number of phosphoric acid groups is 1. The van der Waals surface area contributed by atoms with Crippen molar-refractivity contribution < 1.29 is 42.1 Å². The third kappa shape index (κ3) is 42.4. The van der Waals surface area contributed by atoms with Gasteiger partial charge in [0.25, 0.3) is 0 Å². The zero-order valence-electron chi connectivity index (χ0n) is 36.3. The molecule has 0 aromatic rings. The Balaban J connectivity index is 4.47. The van der Waals surface area contributed by atoms with E-state index < -0.39 is 32.5 Å². The Kier molecular flexibility index (Phi) is 36.4. The molecule has 0 fully saturated rings. The van der Waals surface area contributed by atoms with Gasteiger partial charge in [-0.15, -0.1) is 0 Å². The predicted molar refractivity (Wildman–Crippen MR) is 238 cm³/mol. The molecular formula is C47H79NO8P+. The third-order valence-corrected chi connectivity index (χ3v) is 9.31. The van der Waals surface area contributed by atoms with E-state index in [4.69, 9.17) is 18.5 Å². The van der Waals surface area contributed by atoms with Gasteiger partial charge in [0.1, 0.15) is 19.8 Å². The van der Waals surface area contributed by atoms with Crippen LogP contribution in [0.2, 0.25) is 0 Å². The van der Waals surface area contributed by atoms with Crippen LogP contribution in [0.3, 0.4) is 0 Å². The first-order valence-corrected chi connectivity index (χ1v) is 23.0. The Labute approximate surface area is 347 Å². The highest BCUT2D eigenvalue weighted by molar-refractivity contribution is 7.47. The number of carbonyl (C=O) groups excluding carboxylic acids is 2. The van der Waals surface area contributed by atoms with Crippen LogP contribution >= 0.6 is 7.82 Å². The highest BCUT2D eigenvalue weighted by Gasteiger charge is 2.27. The van der Waals surface area contributed by atoms with E-state index in [1.165, 1.54) is 6.42 Å². The number of quaternary nitrogens is 1. The summed E-state index contributed by atoms with van der Waals surface area (Å²) in [4.78, 5) is 35.2. The summed E-state index contributed by atoms with van der Waals surface area (Å²) >= 11 is 0. The van der Waals surface area contributed by atoms with Crippen molar-refractivity contribution in [1.82, 2.24) is 0 Å². The second kappa shape index (κ2) is 38.4. The Morgan fingerprint density at radius 3 is 1.56 bits per heavy atom. The first-order chi connectivity index (χ1) is 27.5. The largest absolute Gasteiger partial charge is 0.472 e. The molecule has 57 heavy (non-hydrogen) atoms. The molecule has 0 aliphatic rings. The number of hydrogen-bond acceptors (Lipinski definition) is 7. The standard InChI is InChI=1S/C47H78NO8P/c1-6-8-10-12-14-16-18-19-20-21-22-23-24-25-26-27-28-29-30-32-34-36-38-40-47(50)56-45(44-55-57(51,52)54-42-41-48(3,4)5)43-53-46(49)39-37-35-33-31-17-15-13-11-9-7-2/h8,10-11,13-14,16,19-20,22-23,25-26,28-29,32,34,45H,6-7,9,12,15,17-18,21,24,27,30-31,33,35-44H2,1-5H3/p+1/b10-8-,13-11-,16-14-,20-19-,23-22-,26-25-,29-28-,34-32-. The summed E-state index contributed by atoms with van der Waals surface area (Å²) in [6.45, 7) is 4.13. The lowest BCUT2D eigenvalue weighted by Crippen LogP contribution is -2.37. The quantitative estimate of drug-likeness (QED) is 0.0217. The second-order valence-electron chi connectivity index (χ2n) is 15.0. The lowest BCUT2D eigenvalue weighted by Gasteiger charge is -2.24. The van der Waals surface area contributed by atoms with Crippen molar-refractivity contribution >= 4 is 19.8 Å². The van der Waals surface area contributed by atoms with Gasteiger partial charge >= 0.3 is 19.8 Å². The molecule has 0 saturated heterocycles. The molecule has 0 rings (SSSR count). The molecule has 0 heterocycles. The minimum absolute atomic E-state index is 0.0138. The van der Waals surface area contributed by atoms with Gasteiger partial charge in [-0.05, 0) is 83.5 Å². The van der Waals surface area contributed by atoms with Gasteiger partial charge in [0.15, 0.2) is 6.10 Å². The minimum Gasteiger partial charge on any atom is -0.462 e. The summed E-state index contributed by atoms with van der Waals surface area (Å²) in [7, 11) is 1.41. The summed E-state index contributed by atoms with van der Waals surface area (Å²) in [6.07, 6.45) is 50.5. The minimum atomic E-state index is -4.40. The summed E-state index contributed by atoms with van der Waals surface area (Å²) in [5, 5.41) is 0. The fourth-order valence-electron chi connectivity index (χ4n) is 5.00. The average Bonchev–Trinajstić information content (AvgIpc) is 3.16. The van der Waals surface area contributed by atoms with Crippen LogP contribution in [0.25, 0.3) is 0 Å². The zero-order valence-corrected chi connectivity index (χ0v) is 37.2. The second-order valence-corrected chi connectivity index (χ2v) is 16.4. The van der Waals surface area contributed by atoms with Crippen LogP contribution in [0, 0.1) is 0 Å². The van der Waals surface area contributed by atoms with Crippen molar-refractivity contribution in [1.29, 1.82) is 0 Å². The number of unbranched alkanes of at least 4 members (excludes halogenated alkanes) is 7. The number of esters is 2. The highest BCUT2D eigenvalue weighted by atomic mass is 31.2. The van der Waals surface area contributed by atoms with Gasteiger partial charge < -0.3 is 18.9 Å². The molecule has 0 bridgehead atoms. The topological polar surface area (TPSA) is 108 Å². The molecule has 0 aromatic heterocycles. The predicted octanol–water partition coefficient (Wildman–Crippen LogP) is 12.2. The average molecular weight is 817 g/mol. The van der Waals surface area contributed by atoms with Gasteiger partial charge in [0.05, 0.1) is 27.7 Å². The SMILES string of the molecule is CC/C=C\C/C=C\C/C=C\C/C=C\C/C=C\C/C=C\C/C=C\CCCC(=O)OC(COC(=O)CCCCCCC/C=C\CCC)COP(=O)(O)OCC[N+](C)(C)C. The molecular weight excluding hydrogens is 737 g/mol. The Morgan fingerprint density at radius 2 is 1.02 bits per heavy atom. The van der Waals surface area contributed by atoms with Crippen molar-refractivity contribution in [2.24, 2.45) is 0 Å². The van der Waals surface area contributed by atoms with Crippen molar-refractivity contribution in [2.45, 2.75) is 142 Å². The molecule has 0 saturated carbocycles. The van der Waals surface area contributed by atoms with Crippen LogP contribution in [0.1, 0.15) is 136 Å². The number of rotatable bonds is 37. The Hall–Kier alpha value is -3.07. The fourth-order valence-corrected chi connectivity index (χ4v) is 5.74. The first-order valence-electron chi connectivity index (χ1n) is 21.5. The van der Waals surface area contributed by atoms with E-state index in [0.29, 0.717) is 30.3 Å². The highest BCUT2D eigenvalue weighted by Crippen LogP contribution is 2.43. The van der Waals surface area contributed by atoms with Crippen molar-refractivity contribution in [2.75, 3.05) is 47.5 Å². The molecule has 324 valence electrons. The smallest absolute Gasteiger partial charge is 0.462 e. The van der Waals surface area contributed by atoms with Crippen molar-refractivity contribution in [3.8, 4) is 0 Å². The van der Waals surface area contributed by atoms with Crippen LogP contribution < -0.4 is 0 Å². The fraction of sp³-hybridized carbons (Fsp3) is 0.617. The number of phosphoric ester groups is 1. The molecule has 2 unspecified atom stereocenters. The van der Waals surface area contributed by atoms with Crippen LogP contribution in [-0.2, 0) is 32.7 Å². The van der Waals surface area contributed by atoms with Crippen LogP contribution in [0.15, 0.2) is 97.2 Å². The molecule has 0 radical (unpaired) electrons. The van der Waals surface area contributed by atoms with Gasteiger partial charge in [-0.2, -0.15) is 0 Å². The lowest BCUT2D eigenvalue weighted by molar-refractivity contribution is -0.870. The van der Waals surface area contributed by atoms with Crippen molar-refractivity contribution in [3.63, 3.8) is 0 Å². The Bertz CT molecular complexity index is 1290. The van der Waals surface area contributed by atoms with E-state index in [0.717, 1.165) is 83.5 Å². The first kappa shape index (κ1) is 53.9. The molecule has 0 aliphatic heterocycles. The monoisotopic (exact) mass is 817 g/mol. The van der Waals surface area contributed by atoms with E-state index >= 15 is 0 Å². The number of likely N-dealkylation sites (N-methyl/N-ethyl adjacent to an activating group) is 1. The van der Waals surface area contributed by atoms with Crippen LogP contribution in [-0.4, -0.2) is 74.9 Å². The summed E-state index contributed by atoms with van der Waals surface area (Å²) < 4.78 is 34.1. The van der Waals surface area contributed by atoms with Crippen molar-refractivity contribution in [3.05, 3.63) is 97.2 Å². The molecule has 0 aromatic carbocycles. The molecule has 10 heteroatoms. The zero-order chi connectivity index (χ0) is 42.1. The van der Waals surface area contributed by atoms with Gasteiger partial charge in [0.2, 0.25) is 0 Å². The van der Waals surface area contributed by atoms with Gasteiger partial charge in [-0.25, -0.2) is 4.57 Å². The summed E-state index contributed by atoms with van der Waals surface area (Å²) in [6, 6.07) is 0. The number of nitrogens with zero attached hydrogens (tertiary/aromatic N) is 1. The van der Waals surface area contributed by atoms with Crippen LogP contribution in [0.5, 0.6) is 0 Å². The number of ether oxygens (including phenoxy) is 2. The molecule has 1 N–H and O–H groups in total.